The van der Waals surface area contributed by atoms with E-state index in [4.69, 9.17) is 4.74 Å². The maximum absolute atomic E-state index is 12.4. The summed E-state index contributed by atoms with van der Waals surface area (Å²) in [5, 5.41) is -0.339. The zero-order valence-corrected chi connectivity index (χ0v) is 13.1. The number of esters is 1. The Labute approximate surface area is 128 Å². The average Bonchev–Trinajstić information content (AvgIpc) is 2.81. The molecule has 0 radical (unpaired) electrons. The minimum atomic E-state index is -0.402. The molecule has 3 aliphatic rings. The highest BCUT2D eigenvalue weighted by molar-refractivity contribution is 8.03. The molecule has 0 aromatic rings. The Balaban J connectivity index is 2.02. The van der Waals surface area contributed by atoms with Crippen LogP contribution in [-0.2, 0) is 14.3 Å². The summed E-state index contributed by atoms with van der Waals surface area (Å²) < 4.78 is 5.00. The second-order valence-corrected chi connectivity index (χ2v) is 7.11. The lowest BCUT2D eigenvalue weighted by Crippen LogP contribution is -2.44. The zero-order valence-electron chi connectivity index (χ0n) is 12.2. The molecule has 4 atom stereocenters. The summed E-state index contributed by atoms with van der Waals surface area (Å²) in [5.74, 6) is -0.620. The first-order chi connectivity index (χ1) is 10.1. The SMILES string of the molecule is CCOC(=O)C1C(C(C)=O)SC23CC=CCC2=NC=CC13. The van der Waals surface area contributed by atoms with Crippen LogP contribution in [0.15, 0.2) is 29.4 Å². The van der Waals surface area contributed by atoms with Gasteiger partial charge in [0.15, 0.2) is 0 Å². The lowest BCUT2D eigenvalue weighted by Gasteiger charge is -2.38. The Bertz CT molecular complexity index is 566. The normalized spacial score (nSPS) is 36.7. The van der Waals surface area contributed by atoms with E-state index in [2.05, 4.69) is 17.1 Å². The summed E-state index contributed by atoms with van der Waals surface area (Å²) in [4.78, 5) is 29.0. The van der Waals surface area contributed by atoms with Crippen molar-refractivity contribution >= 4 is 29.2 Å². The second kappa shape index (κ2) is 5.44. The van der Waals surface area contributed by atoms with Gasteiger partial charge in [0.1, 0.15) is 5.78 Å². The van der Waals surface area contributed by atoms with Crippen molar-refractivity contribution in [3.05, 3.63) is 24.4 Å². The van der Waals surface area contributed by atoms with Crippen molar-refractivity contribution in [2.75, 3.05) is 6.61 Å². The minimum Gasteiger partial charge on any atom is -0.466 e. The molecule has 0 N–H and O–H groups in total. The topological polar surface area (TPSA) is 55.7 Å². The van der Waals surface area contributed by atoms with Gasteiger partial charge in [-0.1, -0.05) is 18.2 Å². The number of aliphatic imine (C=N–C) groups is 1. The number of allylic oxidation sites excluding steroid dienone is 3. The molecule has 0 amide bonds. The van der Waals surface area contributed by atoms with Crippen LogP contribution in [0.5, 0.6) is 0 Å². The Morgan fingerprint density at radius 2 is 2.29 bits per heavy atom. The Hall–Kier alpha value is -1.36. The van der Waals surface area contributed by atoms with Crippen LogP contribution >= 0.6 is 11.8 Å². The number of hydrogen-bond acceptors (Lipinski definition) is 5. The molecule has 2 heterocycles. The predicted octanol–water partition coefficient (Wildman–Crippen LogP) is 2.54. The van der Waals surface area contributed by atoms with Crippen molar-refractivity contribution in [1.82, 2.24) is 0 Å². The molecule has 1 saturated heterocycles. The van der Waals surface area contributed by atoms with Crippen molar-refractivity contribution in [1.29, 1.82) is 0 Å². The molecule has 21 heavy (non-hydrogen) atoms. The number of rotatable bonds is 3. The van der Waals surface area contributed by atoms with Crippen molar-refractivity contribution in [3.8, 4) is 0 Å². The van der Waals surface area contributed by atoms with E-state index in [0.717, 1.165) is 18.6 Å². The highest BCUT2D eigenvalue weighted by Gasteiger charge is 2.60. The van der Waals surface area contributed by atoms with E-state index in [-0.39, 0.29) is 27.7 Å². The first-order valence-electron chi connectivity index (χ1n) is 7.34. The Morgan fingerprint density at radius 3 is 3.00 bits per heavy atom. The summed E-state index contributed by atoms with van der Waals surface area (Å²) in [6, 6.07) is 0. The van der Waals surface area contributed by atoms with Crippen LogP contribution in [-0.4, -0.2) is 34.1 Å². The van der Waals surface area contributed by atoms with E-state index in [1.165, 1.54) is 0 Å². The summed E-state index contributed by atoms with van der Waals surface area (Å²) in [5.41, 5.74) is 1.08. The van der Waals surface area contributed by atoms with Crippen LogP contribution in [0.2, 0.25) is 0 Å². The van der Waals surface area contributed by atoms with Crippen LogP contribution in [0, 0.1) is 11.8 Å². The lowest BCUT2D eigenvalue weighted by molar-refractivity contribution is -0.150. The smallest absolute Gasteiger partial charge is 0.311 e. The van der Waals surface area contributed by atoms with E-state index >= 15 is 0 Å². The molecule has 5 heteroatoms. The maximum Gasteiger partial charge on any atom is 0.311 e. The van der Waals surface area contributed by atoms with Crippen LogP contribution in [0.4, 0.5) is 0 Å². The molecule has 1 aliphatic carbocycles. The van der Waals surface area contributed by atoms with Crippen LogP contribution in [0.25, 0.3) is 0 Å². The molecule has 1 fully saturated rings. The number of hydrogen-bond donors (Lipinski definition) is 0. The maximum atomic E-state index is 12.4. The molecule has 112 valence electrons. The van der Waals surface area contributed by atoms with Gasteiger partial charge in [0, 0.05) is 24.3 Å². The first-order valence-corrected chi connectivity index (χ1v) is 8.22. The molecule has 0 saturated carbocycles. The van der Waals surface area contributed by atoms with E-state index in [9.17, 15) is 9.59 Å². The van der Waals surface area contributed by atoms with E-state index in [1.54, 1.807) is 31.8 Å². The van der Waals surface area contributed by atoms with Gasteiger partial charge in [0.2, 0.25) is 0 Å². The van der Waals surface area contributed by atoms with Gasteiger partial charge in [-0.15, -0.1) is 11.8 Å². The van der Waals surface area contributed by atoms with Gasteiger partial charge < -0.3 is 4.74 Å². The molecule has 3 rings (SSSR count). The molecule has 0 aromatic carbocycles. The van der Waals surface area contributed by atoms with Gasteiger partial charge in [-0.3, -0.25) is 14.6 Å². The monoisotopic (exact) mass is 305 g/mol. The van der Waals surface area contributed by atoms with Crippen molar-refractivity contribution in [2.24, 2.45) is 16.8 Å². The number of Topliss-reactive ketones (excluding diaryl/α,β-unsaturated/α-hetero) is 1. The third-order valence-electron chi connectivity index (χ3n) is 4.46. The van der Waals surface area contributed by atoms with E-state index < -0.39 is 5.92 Å². The Kier molecular flexibility index (Phi) is 3.78. The van der Waals surface area contributed by atoms with Gasteiger partial charge >= 0.3 is 5.97 Å². The van der Waals surface area contributed by atoms with Crippen LogP contribution < -0.4 is 0 Å². The largest absolute Gasteiger partial charge is 0.466 e. The third-order valence-corrected chi connectivity index (χ3v) is 6.43. The van der Waals surface area contributed by atoms with Crippen molar-refractivity contribution in [2.45, 2.75) is 36.7 Å². The molecule has 1 spiro atoms. The predicted molar refractivity (Wildman–Crippen MR) is 83.4 cm³/mol. The van der Waals surface area contributed by atoms with E-state index in [0.29, 0.717) is 6.61 Å². The first kappa shape index (κ1) is 14.6. The number of ketones is 1. The quantitative estimate of drug-likeness (QED) is 0.594. The number of thioether (sulfide) groups is 1. The lowest BCUT2D eigenvalue weighted by atomic mass is 9.72. The van der Waals surface area contributed by atoms with E-state index in [1.807, 2.05) is 6.08 Å². The molecule has 4 nitrogen and oxygen atoms in total. The molecule has 0 aromatic heterocycles. The number of carbonyl (C=O) groups is 2. The van der Waals surface area contributed by atoms with Gasteiger partial charge in [-0.05, 0) is 20.3 Å². The number of ether oxygens (including phenoxy) is 1. The second-order valence-electron chi connectivity index (χ2n) is 5.64. The Morgan fingerprint density at radius 1 is 1.48 bits per heavy atom. The highest BCUT2D eigenvalue weighted by Crippen LogP contribution is 2.57. The summed E-state index contributed by atoms with van der Waals surface area (Å²) in [6.45, 7) is 3.71. The zero-order chi connectivity index (χ0) is 15.0. The fraction of sp³-hybridized carbons (Fsp3) is 0.562. The van der Waals surface area contributed by atoms with Gasteiger partial charge in [0.25, 0.3) is 0 Å². The van der Waals surface area contributed by atoms with Crippen LogP contribution in [0.3, 0.4) is 0 Å². The summed E-state index contributed by atoms with van der Waals surface area (Å²) >= 11 is 1.61. The fourth-order valence-corrected chi connectivity index (χ4v) is 5.45. The average molecular weight is 305 g/mol. The number of nitrogens with zero attached hydrogens (tertiary/aromatic N) is 1. The molecule has 4 unspecified atom stereocenters. The molecular weight excluding hydrogens is 286 g/mol. The van der Waals surface area contributed by atoms with Gasteiger partial charge in [-0.25, -0.2) is 0 Å². The molecule has 2 aliphatic heterocycles. The molecular formula is C16H19NO3S. The summed E-state index contributed by atoms with van der Waals surface area (Å²) in [7, 11) is 0. The fourth-order valence-electron chi connectivity index (χ4n) is 3.55. The summed E-state index contributed by atoms with van der Waals surface area (Å²) in [6.07, 6.45) is 9.65. The van der Waals surface area contributed by atoms with Crippen LogP contribution in [0.1, 0.15) is 26.7 Å². The highest BCUT2D eigenvalue weighted by atomic mass is 32.2. The van der Waals surface area contributed by atoms with Crippen molar-refractivity contribution in [3.63, 3.8) is 0 Å². The molecule has 0 bridgehead atoms. The third kappa shape index (κ3) is 2.18. The van der Waals surface area contributed by atoms with Gasteiger partial charge in [0.05, 0.1) is 22.5 Å². The van der Waals surface area contributed by atoms with Gasteiger partial charge in [-0.2, -0.15) is 0 Å². The number of carbonyl (C=O) groups excluding carboxylic acids is 2. The standard InChI is InChI=1S/C16H19NO3S/c1-3-20-15(19)13-11-7-9-17-12-6-4-5-8-16(11,12)21-14(13)10(2)18/h4-5,7,9,11,13-14H,3,6,8H2,1-2H3. The minimum absolute atomic E-state index is 0.00657. The van der Waals surface area contributed by atoms with Crippen molar-refractivity contribution < 1.29 is 14.3 Å².